The van der Waals surface area contributed by atoms with E-state index in [-0.39, 0.29) is 0 Å². The lowest BCUT2D eigenvalue weighted by Crippen LogP contribution is -2.12. The fourth-order valence-corrected chi connectivity index (χ4v) is 2.41. The Morgan fingerprint density at radius 2 is 2.33 bits per heavy atom. The van der Waals surface area contributed by atoms with E-state index in [9.17, 15) is 5.26 Å². The number of nitrogens with one attached hydrogen (secondary N) is 1. The largest absolute Gasteiger partial charge is 0.385 e. The molecule has 0 amide bonds. The smallest absolute Gasteiger partial charge is 0.0998 e. The van der Waals surface area contributed by atoms with Crippen molar-refractivity contribution in [3.05, 3.63) is 35.7 Å². The molecule has 4 nitrogen and oxygen atoms in total. The summed E-state index contributed by atoms with van der Waals surface area (Å²) in [5.41, 5.74) is 5.08. The van der Waals surface area contributed by atoms with Crippen LogP contribution in [0.2, 0.25) is 0 Å². The zero-order valence-corrected chi connectivity index (χ0v) is 10.3. The Kier molecular flexibility index (Phi) is 2.52. The van der Waals surface area contributed by atoms with Gasteiger partial charge in [-0.25, -0.2) is 0 Å². The summed E-state index contributed by atoms with van der Waals surface area (Å²) >= 11 is 0. The number of aromatic nitrogens is 2. The Morgan fingerprint density at radius 1 is 1.44 bits per heavy atom. The monoisotopic (exact) mass is 238 g/mol. The number of hydrogen-bond donors (Lipinski definition) is 1. The van der Waals surface area contributed by atoms with Gasteiger partial charge in [-0.3, -0.25) is 4.68 Å². The van der Waals surface area contributed by atoms with Gasteiger partial charge in [0.25, 0.3) is 0 Å². The molecule has 3 rings (SSSR count). The Balaban J connectivity index is 2.16. The standard InChI is InChI=1S/C14H14N4/c1-18-9-12(8-17-18)13-5-10-3-2-4-16-14(10)6-11(13)7-15/h5-6,8-9,16H,2-4H2,1H3. The van der Waals surface area contributed by atoms with Crippen molar-refractivity contribution in [1.82, 2.24) is 9.78 Å². The lowest BCUT2D eigenvalue weighted by atomic mass is 9.94. The van der Waals surface area contributed by atoms with Crippen molar-refractivity contribution >= 4 is 5.69 Å². The first-order valence-electron chi connectivity index (χ1n) is 6.08. The highest BCUT2D eigenvalue weighted by Gasteiger charge is 2.14. The van der Waals surface area contributed by atoms with Gasteiger partial charge in [-0.05, 0) is 30.5 Å². The van der Waals surface area contributed by atoms with Gasteiger partial charge in [-0.2, -0.15) is 10.4 Å². The highest BCUT2D eigenvalue weighted by molar-refractivity contribution is 5.75. The molecule has 1 N–H and O–H groups in total. The summed E-state index contributed by atoms with van der Waals surface area (Å²) in [5, 5.41) is 16.8. The average molecular weight is 238 g/mol. The number of anilines is 1. The fourth-order valence-electron chi connectivity index (χ4n) is 2.41. The number of fused-ring (bicyclic) bond motifs is 1. The molecular weight excluding hydrogens is 224 g/mol. The van der Waals surface area contributed by atoms with Crippen LogP contribution in [0.5, 0.6) is 0 Å². The van der Waals surface area contributed by atoms with Gasteiger partial charge >= 0.3 is 0 Å². The molecule has 1 aromatic heterocycles. The van der Waals surface area contributed by atoms with Crippen molar-refractivity contribution in [2.24, 2.45) is 7.05 Å². The number of nitrogens with zero attached hydrogens (tertiary/aromatic N) is 3. The van der Waals surface area contributed by atoms with E-state index in [2.05, 4.69) is 22.6 Å². The topological polar surface area (TPSA) is 53.6 Å². The van der Waals surface area contributed by atoms with Crippen LogP contribution < -0.4 is 5.32 Å². The van der Waals surface area contributed by atoms with E-state index < -0.39 is 0 Å². The highest BCUT2D eigenvalue weighted by Crippen LogP contribution is 2.31. The first kappa shape index (κ1) is 10.8. The number of rotatable bonds is 1. The Hall–Kier alpha value is -2.28. The van der Waals surface area contributed by atoms with Gasteiger partial charge in [-0.1, -0.05) is 0 Å². The van der Waals surface area contributed by atoms with E-state index in [1.54, 1.807) is 10.9 Å². The van der Waals surface area contributed by atoms with Gasteiger partial charge in [0.05, 0.1) is 17.8 Å². The van der Waals surface area contributed by atoms with Crippen molar-refractivity contribution < 1.29 is 0 Å². The third-order valence-corrected chi connectivity index (χ3v) is 3.32. The van der Waals surface area contributed by atoms with E-state index >= 15 is 0 Å². The fraction of sp³-hybridized carbons (Fsp3) is 0.286. The lowest BCUT2D eigenvalue weighted by Gasteiger charge is -2.19. The van der Waals surface area contributed by atoms with E-state index in [4.69, 9.17) is 0 Å². The van der Waals surface area contributed by atoms with Crippen LogP contribution in [0, 0.1) is 11.3 Å². The molecule has 1 aliphatic rings. The first-order valence-corrected chi connectivity index (χ1v) is 6.08. The molecule has 0 saturated carbocycles. The Labute approximate surface area is 106 Å². The van der Waals surface area contributed by atoms with Crippen LogP contribution in [0.4, 0.5) is 5.69 Å². The molecule has 0 unspecified atom stereocenters. The summed E-state index contributed by atoms with van der Waals surface area (Å²) in [6, 6.07) is 6.35. The molecule has 1 aliphatic heterocycles. The van der Waals surface area contributed by atoms with Crippen LogP contribution in [-0.4, -0.2) is 16.3 Å². The summed E-state index contributed by atoms with van der Waals surface area (Å²) in [6.07, 6.45) is 5.96. The van der Waals surface area contributed by atoms with E-state index in [1.807, 2.05) is 19.3 Å². The maximum absolute atomic E-state index is 9.28. The van der Waals surface area contributed by atoms with E-state index in [1.165, 1.54) is 5.56 Å². The van der Waals surface area contributed by atoms with Crippen LogP contribution >= 0.6 is 0 Å². The first-order chi connectivity index (χ1) is 8.78. The molecular formula is C14H14N4. The number of aryl methyl sites for hydroxylation is 2. The molecule has 0 bridgehead atoms. The van der Waals surface area contributed by atoms with Gasteiger partial charge in [0, 0.05) is 36.6 Å². The lowest BCUT2D eigenvalue weighted by molar-refractivity contribution is 0.768. The molecule has 0 radical (unpaired) electrons. The molecule has 2 heterocycles. The van der Waals surface area contributed by atoms with Gasteiger partial charge in [0.15, 0.2) is 0 Å². The second-order valence-corrected chi connectivity index (χ2v) is 4.60. The zero-order valence-electron chi connectivity index (χ0n) is 10.3. The van der Waals surface area contributed by atoms with Crippen LogP contribution in [0.1, 0.15) is 17.5 Å². The molecule has 0 fully saturated rings. The molecule has 0 spiro atoms. The quantitative estimate of drug-likeness (QED) is 0.829. The van der Waals surface area contributed by atoms with Crippen LogP contribution in [-0.2, 0) is 13.5 Å². The van der Waals surface area contributed by atoms with E-state index in [0.29, 0.717) is 5.56 Å². The molecule has 90 valence electrons. The average Bonchev–Trinajstić information content (AvgIpc) is 2.83. The molecule has 1 aromatic carbocycles. The summed E-state index contributed by atoms with van der Waals surface area (Å²) in [5.74, 6) is 0. The molecule has 0 atom stereocenters. The molecule has 4 heteroatoms. The van der Waals surface area contributed by atoms with Crippen LogP contribution in [0.15, 0.2) is 24.5 Å². The Morgan fingerprint density at radius 3 is 3.06 bits per heavy atom. The molecule has 0 aliphatic carbocycles. The summed E-state index contributed by atoms with van der Waals surface area (Å²) in [7, 11) is 1.88. The van der Waals surface area contributed by atoms with Gasteiger partial charge in [0.2, 0.25) is 0 Å². The third-order valence-electron chi connectivity index (χ3n) is 3.32. The van der Waals surface area contributed by atoms with Gasteiger partial charge in [0.1, 0.15) is 0 Å². The molecule has 18 heavy (non-hydrogen) atoms. The zero-order chi connectivity index (χ0) is 12.5. The second kappa shape index (κ2) is 4.19. The molecule has 2 aromatic rings. The van der Waals surface area contributed by atoms with Crippen molar-refractivity contribution in [3.8, 4) is 17.2 Å². The van der Waals surface area contributed by atoms with Crippen molar-refractivity contribution in [2.45, 2.75) is 12.8 Å². The third kappa shape index (κ3) is 1.74. The second-order valence-electron chi connectivity index (χ2n) is 4.60. The predicted octanol–water partition coefficient (Wildman–Crippen LogP) is 2.32. The highest BCUT2D eigenvalue weighted by atomic mass is 15.2. The van der Waals surface area contributed by atoms with Crippen molar-refractivity contribution in [1.29, 1.82) is 5.26 Å². The molecule has 0 saturated heterocycles. The minimum absolute atomic E-state index is 0.705. The number of nitriles is 1. The van der Waals surface area contributed by atoms with Gasteiger partial charge < -0.3 is 5.32 Å². The van der Waals surface area contributed by atoms with Crippen LogP contribution in [0.3, 0.4) is 0 Å². The maximum Gasteiger partial charge on any atom is 0.0998 e. The van der Waals surface area contributed by atoms with Crippen molar-refractivity contribution in [2.75, 3.05) is 11.9 Å². The normalized spacial score (nSPS) is 13.6. The number of benzene rings is 1. The Bertz CT molecular complexity index is 634. The number of hydrogen-bond acceptors (Lipinski definition) is 3. The summed E-state index contributed by atoms with van der Waals surface area (Å²) < 4.78 is 1.76. The van der Waals surface area contributed by atoms with Gasteiger partial charge in [-0.15, -0.1) is 0 Å². The summed E-state index contributed by atoms with van der Waals surface area (Å²) in [4.78, 5) is 0. The summed E-state index contributed by atoms with van der Waals surface area (Å²) in [6.45, 7) is 0.990. The minimum atomic E-state index is 0.705. The van der Waals surface area contributed by atoms with Crippen molar-refractivity contribution in [3.63, 3.8) is 0 Å². The SMILES string of the molecule is Cn1cc(-c2cc3c(cc2C#N)NCCC3)cn1. The maximum atomic E-state index is 9.28. The van der Waals surface area contributed by atoms with Crippen LogP contribution in [0.25, 0.3) is 11.1 Å². The van der Waals surface area contributed by atoms with E-state index in [0.717, 1.165) is 36.2 Å². The predicted molar refractivity (Wildman–Crippen MR) is 70.2 cm³/mol. The minimum Gasteiger partial charge on any atom is -0.385 e.